The molecule has 0 fully saturated rings. The number of esters is 1. The minimum absolute atomic E-state index is 0.0412. The van der Waals surface area contributed by atoms with Crippen LogP contribution in [-0.4, -0.2) is 45.5 Å². The highest BCUT2D eigenvalue weighted by molar-refractivity contribution is 7.99. The molecule has 1 amide bonds. The lowest BCUT2D eigenvalue weighted by Crippen LogP contribution is -2.46. The number of hydrogen-bond donors (Lipinski definition) is 2. The van der Waals surface area contributed by atoms with Crippen LogP contribution in [0.5, 0.6) is 0 Å². The molecule has 8 nitrogen and oxygen atoms in total. The van der Waals surface area contributed by atoms with Gasteiger partial charge in [0.1, 0.15) is 6.04 Å². The smallest absolute Gasteiger partial charge is 0.343 e. The van der Waals surface area contributed by atoms with Crippen molar-refractivity contribution in [2.45, 2.75) is 44.4 Å². The lowest BCUT2D eigenvalue weighted by Gasteiger charge is -2.21. The van der Waals surface area contributed by atoms with Crippen LogP contribution < -0.4 is 11.0 Å². The van der Waals surface area contributed by atoms with Gasteiger partial charge in [0.2, 0.25) is 5.91 Å². The zero-order chi connectivity index (χ0) is 20.5. The molecule has 0 radical (unpaired) electrons. The molecule has 1 aromatic heterocycles. The van der Waals surface area contributed by atoms with E-state index >= 15 is 0 Å². The molecule has 2 N–H and O–H groups in total. The van der Waals surface area contributed by atoms with Gasteiger partial charge in [0, 0.05) is 6.54 Å². The first-order valence-electron chi connectivity index (χ1n) is 9.15. The summed E-state index contributed by atoms with van der Waals surface area (Å²) < 4.78 is 6.28. The molecule has 2 rings (SSSR count). The van der Waals surface area contributed by atoms with Crippen molar-refractivity contribution < 1.29 is 14.3 Å². The minimum atomic E-state index is -0.692. The Kier molecular flexibility index (Phi) is 8.31. The number of amides is 1. The SMILES string of the molecule is CC[C@H](C)[C@@H](NC(=O)CSc1n[nH]c(=O)n1CCc1ccccc1)C(=O)OC. The Morgan fingerprint density at radius 3 is 2.68 bits per heavy atom. The summed E-state index contributed by atoms with van der Waals surface area (Å²) in [6.07, 6.45) is 1.41. The highest BCUT2D eigenvalue weighted by Gasteiger charge is 2.26. The van der Waals surface area contributed by atoms with Gasteiger partial charge >= 0.3 is 11.7 Å². The van der Waals surface area contributed by atoms with E-state index < -0.39 is 12.0 Å². The average molecular weight is 407 g/mol. The number of methoxy groups -OCH3 is 1. The third kappa shape index (κ3) is 5.98. The number of benzene rings is 1. The molecule has 0 saturated carbocycles. The van der Waals surface area contributed by atoms with Gasteiger partial charge in [0.15, 0.2) is 5.16 Å². The fraction of sp³-hybridized carbons (Fsp3) is 0.474. The van der Waals surface area contributed by atoms with Crippen molar-refractivity contribution in [1.82, 2.24) is 20.1 Å². The van der Waals surface area contributed by atoms with Crippen molar-refractivity contribution >= 4 is 23.6 Å². The van der Waals surface area contributed by atoms with E-state index in [-0.39, 0.29) is 23.3 Å². The van der Waals surface area contributed by atoms with Crippen LogP contribution >= 0.6 is 11.8 Å². The normalized spacial score (nSPS) is 13.0. The number of nitrogens with one attached hydrogen (secondary N) is 2. The number of carbonyl (C=O) groups is 2. The van der Waals surface area contributed by atoms with Crippen LogP contribution in [0, 0.1) is 5.92 Å². The Balaban J connectivity index is 1.95. The van der Waals surface area contributed by atoms with Gasteiger partial charge in [0.05, 0.1) is 12.9 Å². The Labute approximate surface area is 168 Å². The number of thioether (sulfide) groups is 1. The van der Waals surface area contributed by atoms with Gasteiger partial charge in [-0.15, -0.1) is 5.10 Å². The van der Waals surface area contributed by atoms with Crippen LogP contribution in [0.25, 0.3) is 0 Å². The zero-order valence-corrected chi connectivity index (χ0v) is 17.1. The van der Waals surface area contributed by atoms with Gasteiger partial charge in [-0.2, -0.15) is 0 Å². The molecule has 1 aromatic carbocycles. The van der Waals surface area contributed by atoms with E-state index in [0.29, 0.717) is 18.1 Å². The lowest BCUT2D eigenvalue weighted by molar-refractivity contribution is -0.146. The lowest BCUT2D eigenvalue weighted by atomic mass is 9.99. The molecule has 152 valence electrons. The summed E-state index contributed by atoms with van der Waals surface area (Å²) in [5.74, 6) is -0.784. The predicted molar refractivity (Wildman–Crippen MR) is 107 cm³/mol. The third-order valence-electron chi connectivity index (χ3n) is 4.51. The number of nitrogens with zero attached hydrogens (tertiary/aromatic N) is 2. The summed E-state index contributed by atoms with van der Waals surface area (Å²) in [5.41, 5.74) is 0.796. The molecule has 0 saturated heterocycles. The maximum Gasteiger partial charge on any atom is 0.343 e. The van der Waals surface area contributed by atoms with Crippen LogP contribution in [0.2, 0.25) is 0 Å². The second-order valence-corrected chi connectivity index (χ2v) is 7.38. The summed E-state index contributed by atoms with van der Waals surface area (Å²) in [4.78, 5) is 36.2. The second kappa shape index (κ2) is 10.7. The Morgan fingerprint density at radius 1 is 1.32 bits per heavy atom. The Bertz CT molecular complexity index is 834. The first-order chi connectivity index (χ1) is 13.5. The van der Waals surface area contributed by atoms with Crippen LogP contribution in [0.3, 0.4) is 0 Å². The first-order valence-corrected chi connectivity index (χ1v) is 10.1. The zero-order valence-electron chi connectivity index (χ0n) is 16.3. The highest BCUT2D eigenvalue weighted by Crippen LogP contribution is 2.15. The molecule has 1 heterocycles. The van der Waals surface area contributed by atoms with Crippen molar-refractivity contribution in [1.29, 1.82) is 0 Å². The summed E-state index contributed by atoms with van der Waals surface area (Å²) >= 11 is 1.15. The number of aromatic nitrogens is 3. The standard InChI is InChI=1S/C19H26N4O4S/c1-4-13(2)16(17(25)27-3)20-15(24)12-28-19-22-21-18(26)23(19)11-10-14-8-6-5-7-9-14/h5-9,13,16H,4,10-12H2,1-3H3,(H,20,24)(H,21,26)/t13-,16+/m0/s1. The average Bonchev–Trinajstić information content (AvgIpc) is 3.07. The first kappa shape index (κ1) is 21.7. The molecular weight excluding hydrogens is 380 g/mol. The molecule has 0 aliphatic heterocycles. The topological polar surface area (TPSA) is 106 Å². The fourth-order valence-corrected chi connectivity index (χ4v) is 3.42. The molecule has 28 heavy (non-hydrogen) atoms. The van der Waals surface area contributed by atoms with Gasteiger partial charge in [0.25, 0.3) is 0 Å². The monoisotopic (exact) mass is 406 g/mol. The Hall–Kier alpha value is -2.55. The van der Waals surface area contributed by atoms with E-state index in [1.54, 1.807) is 0 Å². The van der Waals surface area contributed by atoms with Crippen molar-refractivity contribution in [3.8, 4) is 0 Å². The number of rotatable bonds is 10. The predicted octanol–water partition coefficient (Wildman–Crippen LogP) is 1.61. The van der Waals surface area contributed by atoms with Crippen molar-refractivity contribution in [2.24, 2.45) is 5.92 Å². The van der Waals surface area contributed by atoms with Gasteiger partial charge in [-0.25, -0.2) is 14.7 Å². The second-order valence-electron chi connectivity index (χ2n) is 6.44. The van der Waals surface area contributed by atoms with E-state index in [0.717, 1.165) is 23.7 Å². The van der Waals surface area contributed by atoms with Gasteiger partial charge in [-0.05, 0) is 17.9 Å². The van der Waals surface area contributed by atoms with Crippen molar-refractivity contribution in [3.05, 3.63) is 46.4 Å². The van der Waals surface area contributed by atoms with Gasteiger partial charge in [-0.1, -0.05) is 62.4 Å². The number of ether oxygens (including phenoxy) is 1. The van der Waals surface area contributed by atoms with Gasteiger partial charge < -0.3 is 10.1 Å². The largest absolute Gasteiger partial charge is 0.467 e. The molecule has 0 spiro atoms. The maximum absolute atomic E-state index is 12.3. The maximum atomic E-state index is 12.3. The van der Waals surface area contributed by atoms with Crippen LogP contribution in [0.15, 0.2) is 40.3 Å². The van der Waals surface area contributed by atoms with Gasteiger partial charge in [-0.3, -0.25) is 9.36 Å². The van der Waals surface area contributed by atoms with Crippen LogP contribution in [-0.2, 0) is 27.3 Å². The molecular formula is C19H26N4O4S. The Morgan fingerprint density at radius 2 is 2.04 bits per heavy atom. The molecule has 0 aliphatic carbocycles. The molecule has 0 unspecified atom stereocenters. The number of aromatic amines is 1. The van der Waals surface area contributed by atoms with Crippen LogP contribution in [0.1, 0.15) is 25.8 Å². The fourth-order valence-electron chi connectivity index (χ4n) is 2.64. The highest BCUT2D eigenvalue weighted by atomic mass is 32.2. The number of carbonyl (C=O) groups excluding carboxylic acids is 2. The van der Waals surface area contributed by atoms with E-state index in [4.69, 9.17) is 4.74 Å². The number of aryl methyl sites for hydroxylation is 1. The number of hydrogen-bond acceptors (Lipinski definition) is 6. The summed E-state index contributed by atoms with van der Waals surface area (Å²) in [6, 6.07) is 9.13. The molecule has 2 aromatic rings. The molecule has 0 aliphatic rings. The summed E-state index contributed by atoms with van der Waals surface area (Å²) in [5, 5.41) is 9.57. The van der Waals surface area contributed by atoms with Crippen molar-refractivity contribution in [3.63, 3.8) is 0 Å². The van der Waals surface area contributed by atoms with Crippen LogP contribution in [0.4, 0.5) is 0 Å². The molecule has 2 atom stereocenters. The minimum Gasteiger partial charge on any atom is -0.467 e. The van der Waals surface area contributed by atoms with E-state index in [1.165, 1.54) is 11.7 Å². The number of H-pyrrole nitrogens is 1. The van der Waals surface area contributed by atoms with E-state index in [9.17, 15) is 14.4 Å². The van der Waals surface area contributed by atoms with E-state index in [1.807, 2.05) is 44.2 Å². The molecule has 0 bridgehead atoms. The quantitative estimate of drug-likeness (QED) is 0.459. The summed E-state index contributed by atoms with van der Waals surface area (Å²) in [6.45, 7) is 4.28. The molecule has 9 heteroatoms. The third-order valence-corrected chi connectivity index (χ3v) is 5.48. The summed E-state index contributed by atoms with van der Waals surface area (Å²) in [7, 11) is 1.30. The van der Waals surface area contributed by atoms with Crippen molar-refractivity contribution in [2.75, 3.05) is 12.9 Å². The van der Waals surface area contributed by atoms with E-state index in [2.05, 4.69) is 15.5 Å².